The van der Waals surface area contributed by atoms with Crippen LogP contribution in [-0.2, 0) is 0 Å². The van der Waals surface area contributed by atoms with Crippen molar-refractivity contribution in [3.05, 3.63) is 0 Å². The Morgan fingerprint density at radius 3 is 1.49 bits per heavy atom. The molecular weight excluding hydrogens is 476 g/mol. The van der Waals surface area contributed by atoms with Gasteiger partial charge in [-0.25, -0.2) is 14.4 Å². The Balaban J connectivity index is 2.16. The summed E-state index contributed by atoms with van der Waals surface area (Å²) >= 11 is 0. The van der Waals surface area contributed by atoms with E-state index in [-0.39, 0.29) is 52.0 Å². The minimum Gasteiger partial charge on any atom is -0.396 e. The summed E-state index contributed by atoms with van der Waals surface area (Å²) in [7, 11) is 0. The molecule has 200 valence electrons. The van der Waals surface area contributed by atoms with Gasteiger partial charge in [0.05, 0.1) is 0 Å². The second-order valence-corrected chi connectivity index (χ2v) is 8.55. The van der Waals surface area contributed by atoms with Crippen LogP contribution in [0.25, 0.3) is 0 Å². The molecule has 3 aliphatic heterocycles. The number of hydrogen-bond donors (Lipinski definition) is 11. The normalized spacial score (nSPS) is 36.0. The van der Waals surface area contributed by atoms with Gasteiger partial charge in [0.25, 0.3) is 0 Å². The number of unbranched alkanes of at least 4 members (excludes halogenated alkanes) is 2. The van der Waals surface area contributed by atoms with Crippen molar-refractivity contribution >= 4 is 18.1 Å². The number of urea groups is 3. The Labute approximate surface area is 199 Å². The van der Waals surface area contributed by atoms with Crippen LogP contribution in [0.4, 0.5) is 14.4 Å². The number of hydrogen-bond acceptors (Lipinski definition) is 11. The molecule has 0 bridgehead atoms. The molecule has 0 aromatic rings. The maximum Gasteiger partial charge on any atom is 0.322 e. The zero-order chi connectivity index (χ0) is 26.1. The van der Waals surface area contributed by atoms with E-state index in [1.807, 2.05) is 16.0 Å². The predicted molar refractivity (Wildman–Crippen MR) is 111 cm³/mol. The van der Waals surface area contributed by atoms with E-state index in [0.29, 0.717) is 14.7 Å². The molecule has 0 aliphatic carbocycles. The Bertz CT molecular complexity index is 774. The number of carbonyl (C=O) groups excluding carboxylic acids is 3. The lowest BCUT2D eigenvalue weighted by Gasteiger charge is -2.52. The van der Waals surface area contributed by atoms with Gasteiger partial charge in [-0.3, -0.25) is 14.7 Å². The summed E-state index contributed by atoms with van der Waals surface area (Å²) in [6.07, 6.45) is -7.95. The maximum atomic E-state index is 12.7. The first kappa shape index (κ1) is 27.1. The van der Waals surface area contributed by atoms with Crippen LogP contribution >= 0.6 is 0 Å². The number of aliphatic hydroxyl groups excluding tert-OH is 6. The van der Waals surface area contributed by atoms with Crippen molar-refractivity contribution in [1.82, 2.24) is 30.7 Å². The van der Waals surface area contributed by atoms with Crippen molar-refractivity contribution in [2.24, 2.45) is 0 Å². The third kappa shape index (κ3) is 4.33. The molecule has 17 nitrogen and oxygen atoms in total. The smallest absolute Gasteiger partial charge is 0.322 e. The van der Waals surface area contributed by atoms with E-state index in [4.69, 9.17) is 10.2 Å². The van der Waals surface area contributed by atoms with Crippen LogP contribution < -0.4 is 16.0 Å². The molecule has 0 aromatic heterocycles. The third-order valence-corrected chi connectivity index (χ3v) is 6.42. The van der Waals surface area contributed by atoms with Gasteiger partial charge in [-0.05, 0) is 25.7 Å². The Morgan fingerprint density at radius 2 is 1.14 bits per heavy atom. The summed E-state index contributed by atoms with van der Waals surface area (Å²) in [4.78, 5) is 39.6. The molecule has 0 saturated carbocycles. The fourth-order valence-electron chi connectivity index (χ4n) is 4.68. The largest absolute Gasteiger partial charge is 0.396 e. The summed E-state index contributed by atoms with van der Waals surface area (Å²) in [5.74, 6) is 0. The number of carbonyl (C=O) groups is 3. The molecule has 3 fully saturated rings. The highest BCUT2D eigenvalue weighted by atomic mass is 16.4. The molecule has 3 saturated heterocycles. The van der Waals surface area contributed by atoms with Crippen LogP contribution in [0.5, 0.6) is 0 Å². The minimum absolute atomic E-state index is 0.0986. The van der Waals surface area contributed by atoms with Gasteiger partial charge < -0.3 is 56.8 Å². The number of rotatable bonds is 11. The molecule has 3 heterocycles. The molecule has 3 aliphatic rings. The fourth-order valence-corrected chi connectivity index (χ4v) is 4.68. The van der Waals surface area contributed by atoms with Crippen LogP contribution in [0.15, 0.2) is 0 Å². The first-order valence-corrected chi connectivity index (χ1v) is 11.1. The van der Waals surface area contributed by atoms with Crippen molar-refractivity contribution in [1.29, 1.82) is 0 Å². The molecule has 6 atom stereocenters. The highest BCUT2D eigenvalue weighted by Gasteiger charge is 2.72. The van der Waals surface area contributed by atoms with Gasteiger partial charge in [-0.15, -0.1) is 0 Å². The van der Waals surface area contributed by atoms with Gasteiger partial charge >= 0.3 is 18.1 Å². The Morgan fingerprint density at radius 1 is 0.714 bits per heavy atom. The van der Waals surface area contributed by atoms with E-state index in [1.54, 1.807) is 0 Å². The average molecular weight is 508 g/mol. The molecule has 3 rings (SSSR count). The van der Waals surface area contributed by atoms with E-state index in [2.05, 4.69) is 0 Å². The summed E-state index contributed by atoms with van der Waals surface area (Å²) in [5.41, 5.74) is -5.93. The molecule has 6 amide bonds. The maximum absolute atomic E-state index is 12.7. The van der Waals surface area contributed by atoms with Crippen molar-refractivity contribution in [2.75, 3.05) is 26.3 Å². The van der Waals surface area contributed by atoms with E-state index in [0.717, 1.165) is 0 Å². The third-order valence-electron chi connectivity index (χ3n) is 6.42. The van der Waals surface area contributed by atoms with Gasteiger partial charge in [-0.2, -0.15) is 0 Å². The summed E-state index contributed by atoms with van der Waals surface area (Å²) in [6.45, 7) is -1.16. The van der Waals surface area contributed by atoms with Gasteiger partial charge in [0.2, 0.25) is 11.4 Å². The molecule has 0 spiro atoms. The van der Waals surface area contributed by atoms with Crippen molar-refractivity contribution in [3.63, 3.8) is 0 Å². The predicted octanol–water partition coefficient (Wildman–Crippen LogP) is -5.37. The SMILES string of the molecule is O=C1NC(O)C(O)N1C(C1(O)C(O)NC(=O)N1CCCCO)C1(O)C(O)NC(=O)N1CCCCO. The average Bonchev–Trinajstić information content (AvgIpc) is 3.26. The lowest BCUT2D eigenvalue weighted by atomic mass is 9.87. The van der Waals surface area contributed by atoms with Crippen LogP contribution in [0.3, 0.4) is 0 Å². The first-order chi connectivity index (χ1) is 16.5. The highest BCUT2D eigenvalue weighted by Crippen LogP contribution is 2.42. The molecule has 17 heteroatoms. The van der Waals surface area contributed by atoms with Crippen LogP contribution in [0.1, 0.15) is 25.7 Å². The summed E-state index contributed by atoms with van der Waals surface area (Å²) in [6, 6.07) is -5.67. The molecule has 6 unspecified atom stereocenters. The second-order valence-electron chi connectivity index (χ2n) is 8.55. The zero-order valence-corrected chi connectivity index (χ0v) is 18.7. The van der Waals surface area contributed by atoms with Gasteiger partial charge in [0, 0.05) is 26.3 Å². The molecule has 11 N–H and O–H groups in total. The summed E-state index contributed by atoms with van der Waals surface area (Å²) in [5, 5.41) is 89.8. The minimum atomic E-state index is -2.97. The van der Waals surface area contributed by atoms with Crippen molar-refractivity contribution < 1.29 is 55.2 Å². The number of aliphatic hydroxyl groups is 8. The lowest BCUT2D eigenvalue weighted by Crippen LogP contribution is -2.79. The van der Waals surface area contributed by atoms with Crippen LogP contribution in [0.2, 0.25) is 0 Å². The topological polar surface area (TPSA) is 259 Å². The highest BCUT2D eigenvalue weighted by molar-refractivity contribution is 5.82. The zero-order valence-electron chi connectivity index (χ0n) is 18.7. The monoisotopic (exact) mass is 508 g/mol. The Hall–Kier alpha value is -2.51. The van der Waals surface area contributed by atoms with Crippen molar-refractivity contribution in [2.45, 2.75) is 68.1 Å². The van der Waals surface area contributed by atoms with Gasteiger partial charge in [-0.1, -0.05) is 0 Å². The number of amides is 6. The van der Waals surface area contributed by atoms with Gasteiger partial charge in [0.1, 0.15) is 6.04 Å². The van der Waals surface area contributed by atoms with E-state index in [1.165, 1.54) is 0 Å². The van der Waals surface area contributed by atoms with E-state index < -0.39 is 60.5 Å². The standard InChI is InChI=1S/C18H32N6O11/c25-7-3-1-5-22-14(31)20-12(29)17(22,34)11(24-10(28)9(27)19-16(24)33)18(35)13(30)21-15(32)23(18)6-2-4-8-26/h9-13,25-30,34-35H,1-8H2,(H,19,33)(H,20,31)(H,21,32). The first-order valence-electron chi connectivity index (χ1n) is 11.1. The molecule has 0 radical (unpaired) electrons. The van der Waals surface area contributed by atoms with Crippen LogP contribution in [-0.4, -0.2) is 142 Å². The lowest BCUT2D eigenvalue weighted by molar-refractivity contribution is -0.276. The van der Waals surface area contributed by atoms with Crippen molar-refractivity contribution in [3.8, 4) is 0 Å². The molecular formula is C18H32N6O11. The Kier molecular flexibility index (Phi) is 7.92. The number of nitrogens with one attached hydrogen (secondary N) is 3. The van der Waals surface area contributed by atoms with E-state index in [9.17, 15) is 45.0 Å². The summed E-state index contributed by atoms with van der Waals surface area (Å²) < 4.78 is 0. The molecule has 0 aromatic carbocycles. The molecule has 35 heavy (non-hydrogen) atoms. The van der Waals surface area contributed by atoms with Crippen LogP contribution in [0, 0.1) is 0 Å². The second kappa shape index (κ2) is 10.2. The number of nitrogens with zero attached hydrogens (tertiary/aromatic N) is 3. The fraction of sp³-hybridized carbons (Fsp3) is 0.833. The van der Waals surface area contributed by atoms with E-state index >= 15 is 0 Å². The van der Waals surface area contributed by atoms with Gasteiger partial charge in [0.15, 0.2) is 24.9 Å². The quantitative estimate of drug-likeness (QED) is 0.117.